The molecule has 0 spiro atoms. The summed E-state index contributed by atoms with van der Waals surface area (Å²) in [6, 6.07) is 11.5. The molecule has 1 rings (SSSR count). The Labute approximate surface area is 119 Å². The van der Waals surface area contributed by atoms with E-state index >= 15 is 0 Å². The predicted molar refractivity (Wildman–Crippen MR) is 84.7 cm³/mol. The molecule has 0 heterocycles. The second-order valence-corrected chi connectivity index (χ2v) is 5.59. The lowest BCUT2D eigenvalue weighted by Gasteiger charge is -2.23. The van der Waals surface area contributed by atoms with Crippen LogP contribution in [0.4, 0.5) is 0 Å². The molecule has 0 saturated carbocycles. The average Bonchev–Trinajstić information content (AvgIpc) is 2.46. The first-order valence-corrected chi connectivity index (χ1v) is 7.61. The van der Waals surface area contributed by atoms with E-state index in [0.29, 0.717) is 12.0 Å². The van der Waals surface area contributed by atoms with Crippen LogP contribution in [0.3, 0.4) is 0 Å². The molecule has 0 bridgehead atoms. The van der Waals surface area contributed by atoms with Crippen LogP contribution in [0, 0.1) is 0 Å². The minimum Gasteiger partial charge on any atom is -0.315 e. The quantitative estimate of drug-likeness (QED) is 0.685. The van der Waals surface area contributed by atoms with Gasteiger partial charge < -0.3 is 10.2 Å². The van der Waals surface area contributed by atoms with Crippen LogP contribution in [0.5, 0.6) is 0 Å². The fraction of sp³-hybridized carbons (Fsp3) is 0.647. The largest absolute Gasteiger partial charge is 0.315 e. The Morgan fingerprint density at radius 3 is 2.42 bits per heavy atom. The molecule has 108 valence electrons. The zero-order valence-corrected chi connectivity index (χ0v) is 13.0. The molecule has 0 aliphatic rings. The van der Waals surface area contributed by atoms with Crippen LogP contribution in [0.2, 0.25) is 0 Å². The van der Waals surface area contributed by atoms with Gasteiger partial charge in [0.2, 0.25) is 0 Å². The van der Waals surface area contributed by atoms with Crippen LogP contribution in [-0.4, -0.2) is 37.6 Å². The lowest BCUT2D eigenvalue weighted by atomic mass is 9.98. The van der Waals surface area contributed by atoms with E-state index in [1.807, 2.05) is 0 Å². The smallest absolute Gasteiger partial charge is 0.0107 e. The van der Waals surface area contributed by atoms with Crippen LogP contribution >= 0.6 is 0 Å². The fourth-order valence-electron chi connectivity index (χ4n) is 2.18. The summed E-state index contributed by atoms with van der Waals surface area (Å²) >= 11 is 0. The van der Waals surface area contributed by atoms with Gasteiger partial charge in [-0.3, -0.25) is 0 Å². The molecule has 19 heavy (non-hydrogen) atoms. The maximum absolute atomic E-state index is 3.55. The summed E-state index contributed by atoms with van der Waals surface area (Å²) < 4.78 is 0. The number of likely N-dealkylation sites (N-methyl/N-ethyl adjacent to an activating group) is 1. The highest BCUT2D eigenvalue weighted by Crippen LogP contribution is 2.17. The van der Waals surface area contributed by atoms with Crippen LogP contribution in [-0.2, 0) is 0 Å². The molecule has 2 atom stereocenters. The molecule has 0 amide bonds. The Bertz CT molecular complexity index is 323. The number of nitrogens with zero attached hydrogens (tertiary/aromatic N) is 1. The van der Waals surface area contributed by atoms with Crippen molar-refractivity contribution in [1.29, 1.82) is 0 Å². The topological polar surface area (TPSA) is 15.3 Å². The molecule has 0 aromatic heterocycles. The summed E-state index contributed by atoms with van der Waals surface area (Å²) in [5, 5.41) is 3.55. The van der Waals surface area contributed by atoms with Gasteiger partial charge in [0, 0.05) is 19.1 Å². The van der Waals surface area contributed by atoms with Gasteiger partial charge in [-0.25, -0.2) is 0 Å². The maximum Gasteiger partial charge on any atom is 0.0107 e. The van der Waals surface area contributed by atoms with E-state index in [1.165, 1.54) is 18.4 Å². The average molecular weight is 262 g/mol. The molecular weight excluding hydrogens is 232 g/mol. The van der Waals surface area contributed by atoms with Gasteiger partial charge in [-0.2, -0.15) is 0 Å². The van der Waals surface area contributed by atoms with E-state index in [-0.39, 0.29) is 0 Å². The van der Waals surface area contributed by atoms with Gasteiger partial charge >= 0.3 is 0 Å². The van der Waals surface area contributed by atoms with Crippen molar-refractivity contribution in [2.45, 2.75) is 45.6 Å². The molecule has 1 aromatic rings. The third kappa shape index (κ3) is 6.22. The van der Waals surface area contributed by atoms with Gasteiger partial charge in [-0.05, 0) is 44.8 Å². The lowest BCUT2D eigenvalue weighted by Crippen LogP contribution is -2.35. The number of hydrogen-bond acceptors (Lipinski definition) is 2. The second-order valence-electron chi connectivity index (χ2n) is 5.59. The molecule has 1 aromatic carbocycles. The van der Waals surface area contributed by atoms with Gasteiger partial charge in [0.1, 0.15) is 0 Å². The van der Waals surface area contributed by atoms with Gasteiger partial charge in [0.15, 0.2) is 0 Å². The Morgan fingerprint density at radius 1 is 1.11 bits per heavy atom. The van der Waals surface area contributed by atoms with Crippen molar-refractivity contribution in [1.82, 2.24) is 10.2 Å². The van der Waals surface area contributed by atoms with Gasteiger partial charge in [-0.1, -0.05) is 44.2 Å². The van der Waals surface area contributed by atoms with Crippen molar-refractivity contribution in [3.63, 3.8) is 0 Å². The van der Waals surface area contributed by atoms with Crippen molar-refractivity contribution in [3.8, 4) is 0 Å². The van der Waals surface area contributed by atoms with Crippen LogP contribution in [0.1, 0.15) is 45.1 Å². The van der Waals surface area contributed by atoms with Crippen LogP contribution in [0.25, 0.3) is 0 Å². The minimum atomic E-state index is 0.640. The lowest BCUT2D eigenvalue weighted by molar-refractivity contribution is 0.251. The van der Waals surface area contributed by atoms with Gasteiger partial charge in [-0.15, -0.1) is 0 Å². The first kappa shape index (κ1) is 16.2. The highest BCUT2D eigenvalue weighted by atomic mass is 15.1. The van der Waals surface area contributed by atoms with E-state index in [4.69, 9.17) is 0 Å². The highest BCUT2D eigenvalue weighted by molar-refractivity contribution is 5.18. The first-order valence-electron chi connectivity index (χ1n) is 7.61. The Morgan fingerprint density at radius 2 is 1.79 bits per heavy atom. The third-order valence-electron chi connectivity index (χ3n) is 4.11. The highest BCUT2D eigenvalue weighted by Gasteiger charge is 2.06. The number of hydrogen-bond donors (Lipinski definition) is 1. The van der Waals surface area contributed by atoms with Crippen molar-refractivity contribution in [3.05, 3.63) is 35.9 Å². The monoisotopic (exact) mass is 262 g/mol. The molecule has 2 nitrogen and oxygen atoms in total. The van der Waals surface area contributed by atoms with Crippen molar-refractivity contribution < 1.29 is 0 Å². The molecule has 0 saturated heterocycles. The second kappa shape index (κ2) is 9.11. The summed E-state index contributed by atoms with van der Waals surface area (Å²) in [5.74, 6) is 0.640. The fourth-order valence-corrected chi connectivity index (χ4v) is 2.18. The molecule has 0 aliphatic carbocycles. The van der Waals surface area contributed by atoms with Crippen LogP contribution < -0.4 is 5.32 Å². The molecule has 0 fully saturated rings. The summed E-state index contributed by atoms with van der Waals surface area (Å²) in [6.45, 7) is 10.2. The summed E-state index contributed by atoms with van der Waals surface area (Å²) in [7, 11) is 2.21. The minimum absolute atomic E-state index is 0.640. The summed E-state index contributed by atoms with van der Waals surface area (Å²) in [6.07, 6.45) is 2.43. The first-order chi connectivity index (χ1) is 9.15. The summed E-state index contributed by atoms with van der Waals surface area (Å²) in [5.41, 5.74) is 1.45. The molecule has 2 heteroatoms. The van der Waals surface area contributed by atoms with E-state index in [1.54, 1.807) is 0 Å². The number of rotatable bonds is 9. The Balaban J connectivity index is 2.11. The Hall–Kier alpha value is -0.860. The van der Waals surface area contributed by atoms with E-state index in [0.717, 1.165) is 19.6 Å². The maximum atomic E-state index is 3.55. The van der Waals surface area contributed by atoms with Crippen molar-refractivity contribution in [2.24, 2.45) is 0 Å². The Kier molecular flexibility index (Phi) is 7.76. The molecular formula is C17H30N2. The van der Waals surface area contributed by atoms with E-state index in [2.05, 4.69) is 68.4 Å². The number of benzene rings is 1. The van der Waals surface area contributed by atoms with Crippen molar-refractivity contribution in [2.75, 3.05) is 26.7 Å². The normalized spacial score (nSPS) is 14.6. The SMILES string of the molecule is CCC(C)N(C)CCNCCC(C)c1ccccc1. The van der Waals surface area contributed by atoms with E-state index < -0.39 is 0 Å². The molecule has 2 unspecified atom stereocenters. The van der Waals surface area contributed by atoms with E-state index in [9.17, 15) is 0 Å². The third-order valence-corrected chi connectivity index (χ3v) is 4.11. The van der Waals surface area contributed by atoms with Crippen LogP contribution in [0.15, 0.2) is 30.3 Å². The van der Waals surface area contributed by atoms with Gasteiger partial charge in [0.05, 0.1) is 0 Å². The van der Waals surface area contributed by atoms with Crippen molar-refractivity contribution >= 4 is 0 Å². The molecule has 1 N–H and O–H groups in total. The zero-order chi connectivity index (χ0) is 14.1. The standard InChI is InChI=1S/C17H30N2/c1-5-16(3)19(4)14-13-18-12-11-15(2)17-9-7-6-8-10-17/h6-10,15-16,18H,5,11-14H2,1-4H3. The molecule has 0 aliphatic heterocycles. The zero-order valence-electron chi connectivity index (χ0n) is 13.0. The summed E-state index contributed by atoms with van der Waals surface area (Å²) in [4.78, 5) is 2.42. The van der Waals surface area contributed by atoms with Gasteiger partial charge in [0.25, 0.3) is 0 Å². The molecule has 0 radical (unpaired) electrons. The predicted octanol–water partition coefficient (Wildman–Crippen LogP) is 3.50. The number of nitrogens with one attached hydrogen (secondary N) is 1.